The molecule has 1 aromatic carbocycles. The van der Waals surface area contributed by atoms with Crippen LogP contribution < -0.4 is 0 Å². The fraction of sp³-hybridized carbons (Fsp3) is 0.0833. The lowest BCUT2D eigenvalue weighted by molar-refractivity contribution is 1.54. The molecule has 0 aliphatic rings. The van der Waals surface area contributed by atoms with E-state index < -0.39 is 0 Å². The molecule has 0 heterocycles. The van der Waals surface area contributed by atoms with E-state index in [-0.39, 0.29) is 0 Å². The average Bonchev–Trinajstić information content (AvgIpc) is 2.04. The molecule has 0 fully saturated rings. The van der Waals surface area contributed by atoms with E-state index in [2.05, 4.69) is 26.1 Å². The minimum absolute atomic E-state index is 0.845. The van der Waals surface area contributed by atoms with Gasteiger partial charge in [-0.05, 0) is 24.1 Å². The molecule has 0 unspecified atom stereocenters. The summed E-state index contributed by atoms with van der Waals surface area (Å²) in [6, 6.07) is 8.09. The van der Waals surface area contributed by atoms with E-state index in [0.717, 1.165) is 22.3 Å². The summed E-state index contributed by atoms with van der Waals surface area (Å²) < 4.78 is 0. The summed E-state index contributed by atoms with van der Waals surface area (Å²) in [6.07, 6.45) is 0. The predicted molar refractivity (Wildman–Crippen MR) is 55.5 cm³/mol. The quantitative estimate of drug-likeness (QED) is 0.576. The summed E-state index contributed by atoms with van der Waals surface area (Å²) >= 11 is 0. The molecule has 0 saturated heterocycles. The van der Waals surface area contributed by atoms with Crippen molar-refractivity contribution in [3.05, 3.63) is 55.5 Å². The van der Waals surface area contributed by atoms with Crippen LogP contribution in [0.2, 0.25) is 0 Å². The molecule has 0 spiro atoms. The molecule has 0 heteroatoms. The molecule has 0 saturated carbocycles. The van der Waals surface area contributed by atoms with E-state index in [1.807, 2.05) is 25.1 Å². The van der Waals surface area contributed by atoms with Gasteiger partial charge in [0.25, 0.3) is 0 Å². The number of rotatable bonds is 2. The Balaban J connectivity index is 3.12. The van der Waals surface area contributed by atoms with Gasteiger partial charge in [-0.2, -0.15) is 0 Å². The summed E-state index contributed by atoms with van der Waals surface area (Å²) in [7, 11) is 0. The van der Waals surface area contributed by atoms with Crippen molar-refractivity contribution in [1.82, 2.24) is 0 Å². The Morgan fingerprint density at radius 1 is 1.25 bits per heavy atom. The van der Waals surface area contributed by atoms with Crippen LogP contribution in [-0.2, 0) is 0 Å². The van der Waals surface area contributed by atoms with Gasteiger partial charge >= 0.3 is 0 Å². The van der Waals surface area contributed by atoms with Gasteiger partial charge in [-0.15, -0.1) is 0 Å². The first-order chi connectivity index (χ1) is 5.61. The largest absolute Gasteiger partial charge is 0.126 e. The second-order valence-corrected chi connectivity index (χ2v) is 2.96. The van der Waals surface area contributed by atoms with Gasteiger partial charge in [0.1, 0.15) is 5.57 Å². The highest BCUT2D eigenvalue weighted by Gasteiger charge is 2.02. The zero-order valence-electron chi connectivity index (χ0n) is 7.43. The van der Waals surface area contributed by atoms with Gasteiger partial charge < -0.3 is 0 Å². The van der Waals surface area contributed by atoms with Crippen molar-refractivity contribution in [2.24, 2.45) is 0 Å². The van der Waals surface area contributed by atoms with Crippen LogP contribution >= 0.6 is 0 Å². The molecule has 1 aromatic rings. The molecule has 1 rings (SSSR count). The lowest BCUT2D eigenvalue weighted by atomic mass is 10.0. The fourth-order valence-corrected chi connectivity index (χ4v) is 1.00. The monoisotopic (exact) mass is 157 g/mol. The minimum Gasteiger partial charge on any atom is -0.0955 e. The summed E-state index contributed by atoms with van der Waals surface area (Å²) in [5.41, 5.74) is 4.14. The van der Waals surface area contributed by atoms with Crippen molar-refractivity contribution in [1.29, 1.82) is 0 Å². The molecule has 0 amide bonds. The maximum absolute atomic E-state index is 3.88. The van der Waals surface area contributed by atoms with Gasteiger partial charge in [-0.25, -0.2) is 0 Å². The molecular formula is C12H13+. The van der Waals surface area contributed by atoms with Crippen LogP contribution in [0.3, 0.4) is 0 Å². The lowest BCUT2D eigenvalue weighted by Gasteiger charge is -1.98. The average molecular weight is 157 g/mol. The van der Waals surface area contributed by atoms with Crippen LogP contribution in [0.4, 0.5) is 0 Å². The van der Waals surface area contributed by atoms with Crippen molar-refractivity contribution in [3.8, 4) is 0 Å². The Hall–Kier alpha value is -1.43. The molecule has 0 aliphatic heterocycles. The highest BCUT2D eigenvalue weighted by molar-refractivity contribution is 5.71. The summed E-state index contributed by atoms with van der Waals surface area (Å²) in [5, 5.41) is 0. The molecule has 0 atom stereocenters. The van der Waals surface area contributed by atoms with Crippen LogP contribution in [0.25, 0.3) is 11.1 Å². The second-order valence-electron chi connectivity index (χ2n) is 2.96. The topological polar surface area (TPSA) is 0 Å². The highest BCUT2D eigenvalue weighted by atomic mass is 14.0. The predicted octanol–water partition coefficient (Wildman–Crippen LogP) is 3.57. The lowest BCUT2D eigenvalue weighted by Crippen LogP contribution is -1.82. The number of allylic oxidation sites excluding steroid dienone is 2. The fourth-order valence-electron chi connectivity index (χ4n) is 1.00. The second kappa shape index (κ2) is 3.31. The van der Waals surface area contributed by atoms with E-state index >= 15 is 0 Å². The van der Waals surface area contributed by atoms with Crippen LogP contribution in [-0.4, -0.2) is 0 Å². The Morgan fingerprint density at radius 2 is 1.83 bits per heavy atom. The third-order valence-electron chi connectivity index (χ3n) is 1.76. The molecule has 12 heavy (non-hydrogen) atoms. The first-order valence-corrected chi connectivity index (χ1v) is 3.88. The molecule has 0 bridgehead atoms. The van der Waals surface area contributed by atoms with E-state index in [1.165, 1.54) is 0 Å². The SMILES string of the molecule is C=C([CH2+])c1cccc(C(=C)C)c1. The van der Waals surface area contributed by atoms with Crippen molar-refractivity contribution in [2.45, 2.75) is 6.92 Å². The van der Waals surface area contributed by atoms with Crippen molar-refractivity contribution in [2.75, 3.05) is 0 Å². The minimum atomic E-state index is 0.845. The molecule has 0 N–H and O–H groups in total. The Bertz CT molecular complexity index is 289. The summed E-state index contributed by atoms with van der Waals surface area (Å²) in [4.78, 5) is 0. The maximum atomic E-state index is 3.88. The molecule has 0 aromatic heterocycles. The third kappa shape index (κ3) is 1.79. The molecule has 0 radical (unpaired) electrons. The van der Waals surface area contributed by atoms with Crippen molar-refractivity contribution in [3.63, 3.8) is 0 Å². The van der Waals surface area contributed by atoms with E-state index in [9.17, 15) is 0 Å². The molecule has 0 nitrogen and oxygen atoms in total. The van der Waals surface area contributed by atoms with E-state index in [1.54, 1.807) is 0 Å². The molecule has 60 valence electrons. The zero-order chi connectivity index (χ0) is 9.14. The first-order valence-electron chi connectivity index (χ1n) is 3.88. The summed E-state index contributed by atoms with van der Waals surface area (Å²) in [5.74, 6) is 0. The normalized spacial score (nSPS) is 9.42. The Kier molecular flexibility index (Phi) is 2.39. The van der Waals surface area contributed by atoms with Gasteiger partial charge in [0.2, 0.25) is 0 Å². The van der Waals surface area contributed by atoms with Gasteiger partial charge in [-0.3, -0.25) is 0 Å². The number of benzene rings is 1. The van der Waals surface area contributed by atoms with Crippen LogP contribution in [0.1, 0.15) is 18.1 Å². The maximum Gasteiger partial charge on any atom is 0.126 e. The number of hydrogen-bond donors (Lipinski definition) is 0. The van der Waals surface area contributed by atoms with Crippen molar-refractivity contribution >= 4 is 11.1 Å². The zero-order valence-corrected chi connectivity index (χ0v) is 7.43. The smallest absolute Gasteiger partial charge is 0.0955 e. The summed E-state index contributed by atoms with van der Waals surface area (Å²) in [6.45, 7) is 13.4. The third-order valence-corrected chi connectivity index (χ3v) is 1.76. The standard InChI is InChI=1S/C12H13/c1-9(2)11-6-5-7-12(8-11)10(3)4/h5-8H,1-3H2,4H3/q+1. The van der Waals surface area contributed by atoms with Crippen LogP contribution in [0, 0.1) is 6.92 Å². The Morgan fingerprint density at radius 3 is 2.33 bits per heavy atom. The van der Waals surface area contributed by atoms with Crippen LogP contribution in [0.5, 0.6) is 0 Å². The van der Waals surface area contributed by atoms with Crippen molar-refractivity contribution < 1.29 is 0 Å². The molecular weight excluding hydrogens is 144 g/mol. The van der Waals surface area contributed by atoms with Gasteiger partial charge in [0.05, 0.1) is 5.56 Å². The molecule has 0 aliphatic carbocycles. The van der Waals surface area contributed by atoms with Crippen LogP contribution in [0.15, 0.2) is 37.4 Å². The van der Waals surface area contributed by atoms with E-state index in [4.69, 9.17) is 0 Å². The Labute approximate surface area is 74.2 Å². The highest BCUT2D eigenvalue weighted by Crippen LogP contribution is 2.17. The first kappa shape index (κ1) is 8.66. The van der Waals surface area contributed by atoms with E-state index in [0.29, 0.717) is 0 Å². The number of hydrogen-bond acceptors (Lipinski definition) is 0. The van der Waals surface area contributed by atoms with Gasteiger partial charge in [-0.1, -0.05) is 12.6 Å². The van der Waals surface area contributed by atoms with Gasteiger partial charge in [0.15, 0.2) is 0 Å². The van der Waals surface area contributed by atoms with Gasteiger partial charge in [0, 0.05) is 25.6 Å².